The van der Waals surface area contributed by atoms with Crippen LogP contribution < -0.4 is 5.43 Å². The SMILES string of the molecule is O=C(OCC(=O)N1N=C(c2cc3ccccc3o2)C[C@H]1c1ccco1)c1cc(=O)c2ccccc2[nH]1. The number of rotatable bonds is 5. The number of furan rings is 2. The summed E-state index contributed by atoms with van der Waals surface area (Å²) in [5, 5.41) is 7.12. The number of para-hydroxylation sites is 2. The maximum Gasteiger partial charge on any atom is 0.355 e. The molecule has 9 nitrogen and oxygen atoms in total. The molecule has 4 heterocycles. The van der Waals surface area contributed by atoms with Crippen LogP contribution in [0.5, 0.6) is 0 Å². The van der Waals surface area contributed by atoms with Gasteiger partial charge in [0, 0.05) is 28.8 Å². The van der Waals surface area contributed by atoms with Crippen LogP contribution >= 0.6 is 0 Å². The van der Waals surface area contributed by atoms with Crippen molar-refractivity contribution in [3.05, 3.63) is 106 Å². The first-order valence-electron chi connectivity index (χ1n) is 11.3. The van der Waals surface area contributed by atoms with E-state index < -0.39 is 24.5 Å². The highest BCUT2D eigenvalue weighted by molar-refractivity contribution is 6.03. The number of benzene rings is 2. The number of nitrogens with zero attached hydrogens (tertiary/aromatic N) is 2. The number of carbonyl (C=O) groups excluding carboxylic acids is 2. The number of aromatic amines is 1. The smallest absolute Gasteiger partial charge is 0.355 e. The lowest BCUT2D eigenvalue weighted by Gasteiger charge is -2.19. The van der Waals surface area contributed by atoms with Crippen molar-refractivity contribution in [2.75, 3.05) is 6.61 Å². The summed E-state index contributed by atoms with van der Waals surface area (Å²) in [5.74, 6) is -0.266. The third-order valence-corrected chi connectivity index (χ3v) is 6.03. The minimum Gasteiger partial charge on any atom is -0.467 e. The predicted octanol–water partition coefficient (Wildman–Crippen LogP) is 4.40. The van der Waals surface area contributed by atoms with Crippen LogP contribution in [0.3, 0.4) is 0 Å². The van der Waals surface area contributed by atoms with Crippen LogP contribution in [0.4, 0.5) is 0 Å². The van der Waals surface area contributed by atoms with Gasteiger partial charge in [-0.1, -0.05) is 30.3 Å². The molecule has 36 heavy (non-hydrogen) atoms. The van der Waals surface area contributed by atoms with E-state index in [0.717, 1.165) is 11.5 Å². The first-order valence-corrected chi connectivity index (χ1v) is 11.3. The monoisotopic (exact) mass is 481 g/mol. The molecule has 1 amide bonds. The number of hydrogen-bond donors (Lipinski definition) is 1. The summed E-state index contributed by atoms with van der Waals surface area (Å²) in [6.07, 6.45) is 1.89. The highest BCUT2D eigenvalue weighted by Gasteiger charge is 2.36. The first kappa shape index (κ1) is 21.6. The van der Waals surface area contributed by atoms with E-state index in [1.807, 2.05) is 30.3 Å². The molecule has 9 heteroatoms. The van der Waals surface area contributed by atoms with Crippen molar-refractivity contribution in [1.29, 1.82) is 0 Å². The molecule has 1 aliphatic rings. The molecule has 178 valence electrons. The van der Waals surface area contributed by atoms with E-state index >= 15 is 0 Å². The number of fused-ring (bicyclic) bond motifs is 2. The third-order valence-electron chi connectivity index (χ3n) is 6.03. The number of H-pyrrole nitrogens is 1. The highest BCUT2D eigenvalue weighted by atomic mass is 16.5. The van der Waals surface area contributed by atoms with Gasteiger partial charge in [0.15, 0.2) is 17.8 Å². The number of hydrazone groups is 1. The Morgan fingerprint density at radius 1 is 1.06 bits per heavy atom. The summed E-state index contributed by atoms with van der Waals surface area (Å²) in [4.78, 5) is 40.9. The second-order valence-corrected chi connectivity index (χ2v) is 8.34. The van der Waals surface area contributed by atoms with E-state index in [9.17, 15) is 14.4 Å². The topological polar surface area (TPSA) is 118 Å². The van der Waals surface area contributed by atoms with Gasteiger partial charge in [-0.15, -0.1) is 0 Å². The predicted molar refractivity (Wildman–Crippen MR) is 131 cm³/mol. The number of aromatic nitrogens is 1. The number of carbonyl (C=O) groups is 2. The quantitative estimate of drug-likeness (QED) is 0.372. The van der Waals surface area contributed by atoms with E-state index in [1.165, 1.54) is 11.3 Å². The van der Waals surface area contributed by atoms with Crippen molar-refractivity contribution >= 4 is 39.5 Å². The largest absolute Gasteiger partial charge is 0.467 e. The van der Waals surface area contributed by atoms with E-state index in [2.05, 4.69) is 10.1 Å². The minimum atomic E-state index is -0.818. The Balaban J connectivity index is 1.23. The fraction of sp³-hybridized carbons (Fsp3) is 0.111. The lowest BCUT2D eigenvalue weighted by atomic mass is 10.1. The van der Waals surface area contributed by atoms with Crippen molar-refractivity contribution in [2.24, 2.45) is 5.10 Å². The first-order chi connectivity index (χ1) is 17.6. The molecule has 0 bridgehead atoms. The van der Waals surface area contributed by atoms with E-state index in [4.69, 9.17) is 13.6 Å². The zero-order valence-corrected chi connectivity index (χ0v) is 18.8. The van der Waals surface area contributed by atoms with E-state index in [0.29, 0.717) is 40.1 Å². The summed E-state index contributed by atoms with van der Waals surface area (Å²) in [6.45, 7) is -0.568. The summed E-state index contributed by atoms with van der Waals surface area (Å²) < 4.78 is 16.7. The Morgan fingerprint density at radius 3 is 2.72 bits per heavy atom. The van der Waals surface area contributed by atoms with Gasteiger partial charge in [0.2, 0.25) is 0 Å². The number of ether oxygens (including phenoxy) is 1. The van der Waals surface area contributed by atoms with Crippen molar-refractivity contribution in [3.63, 3.8) is 0 Å². The molecular weight excluding hydrogens is 462 g/mol. The Bertz CT molecular complexity index is 1660. The van der Waals surface area contributed by atoms with Gasteiger partial charge in [-0.25, -0.2) is 9.80 Å². The van der Waals surface area contributed by atoms with Gasteiger partial charge in [-0.2, -0.15) is 5.10 Å². The Hall–Kier alpha value is -4.92. The van der Waals surface area contributed by atoms with Crippen LogP contribution in [0.1, 0.15) is 34.5 Å². The molecule has 0 saturated carbocycles. The van der Waals surface area contributed by atoms with Gasteiger partial charge in [0.05, 0.1) is 6.26 Å². The minimum absolute atomic E-state index is 0.0398. The molecule has 2 aromatic carbocycles. The van der Waals surface area contributed by atoms with Crippen LogP contribution in [0.25, 0.3) is 21.9 Å². The Kier molecular flexibility index (Phi) is 5.22. The summed E-state index contributed by atoms with van der Waals surface area (Å²) >= 11 is 0. The fourth-order valence-electron chi connectivity index (χ4n) is 4.29. The molecule has 0 fully saturated rings. The average Bonchev–Trinajstić information content (AvgIpc) is 3.66. The van der Waals surface area contributed by atoms with Crippen LogP contribution in [0, 0.1) is 0 Å². The van der Waals surface area contributed by atoms with Crippen LogP contribution in [0.15, 0.2) is 97.8 Å². The number of pyridine rings is 1. The summed E-state index contributed by atoms with van der Waals surface area (Å²) in [7, 11) is 0. The maximum atomic E-state index is 13.1. The average molecular weight is 481 g/mol. The standard InChI is InChI=1S/C27H19N3O6/c31-22-14-20(28-18-8-3-2-7-17(18)22)27(33)35-15-26(32)30-21(24-10-5-11-34-24)13-19(29-30)25-12-16-6-1-4-9-23(16)36-25/h1-12,14,21H,13,15H2,(H,28,31)/t21-/m0/s1. The van der Waals surface area contributed by atoms with Crippen LogP contribution in [-0.2, 0) is 9.53 Å². The zero-order valence-electron chi connectivity index (χ0n) is 18.8. The Morgan fingerprint density at radius 2 is 1.89 bits per heavy atom. The Labute approximate surface area is 203 Å². The molecule has 6 rings (SSSR count). The molecule has 3 aromatic heterocycles. The molecule has 0 saturated heterocycles. The number of nitrogens with one attached hydrogen (secondary N) is 1. The van der Waals surface area contributed by atoms with E-state index in [-0.39, 0.29) is 11.1 Å². The van der Waals surface area contributed by atoms with Crippen LogP contribution in [-0.4, -0.2) is 34.2 Å². The van der Waals surface area contributed by atoms with Gasteiger partial charge in [0.25, 0.3) is 5.91 Å². The van der Waals surface area contributed by atoms with Crippen molar-refractivity contribution in [2.45, 2.75) is 12.5 Å². The lowest BCUT2D eigenvalue weighted by molar-refractivity contribution is -0.136. The van der Waals surface area contributed by atoms with Crippen molar-refractivity contribution in [3.8, 4) is 0 Å². The second-order valence-electron chi connectivity index (χ2n) is 8.34. The second kappa shape index (κ2) is 8.70. The van der Waals surface area contributed by atoms with Gasteiger partial charge < -0.3 is 18.6 Å². The van der Waals surface area contributed by atoms with Crippen LogP contribution in [0.2, 0.25) is 0 Å². The molecule has 0 unspecified atom stereocenters. The molecule has 0 spiro atoms. The molecule has 0 aliphatic carbocycles. The van der Waals surface area contributed by atoms with Gasteiger partial charge in [-0.3, -0.25) is 9.59 Å². The molecule has 1 aliphatic heterocycles. The third kappa shape index (κ3) is 3.86. The molecule has 1 N–H and O–H groups in total. The fourth-order valence-corrected chi connectivity index (χ4v) is 4.29. The highest BCUT2D eigenvalue weighted by Crippen LogP contribution is 2.34. The lowest BCUT2D eigenvalue weighted by Crippen LogP contribution is -2.31. The number of hydrogen-bond acceptors (Lipinski definition) is 7. The maximum absolute atomic E-state index is 13.1. The molecule has 0 radical (unpaired) electrons. The zero-order chi connectivity index (χ0) is 24.6. The normalized spacial score (nSPS) is 15.4. The van der Waals surface area contributed by atoms with Crippen molar-refractivity contribution < 1.29 is 23.2 Å². The van der Waals surface area contributed by atoms with Gasteiger partial charge >= 0.3 is 5.97 Å². The van der Waals surface area contributed by atoms with Gasteiger partial charge in [0.1, 0.15) is 28.8 Å². The van der Waals surface area contributed by atoms with Crippen molar-refractivity contribution in [1.82, 2.24) is 9.99 Å². The molecular formula is C27H19N3O6. The number of amides is 1. The molecule has 5 aromatic rings. The molecule has 1 atom stereocenters. The summed E-state index contributed by atoms with van der Waals surface area (Å²) in [5.41, 5.74) is 1.43. The van der Waals surface area contributed by atoms with E-state index in [1.54, 1.807) is 36.4 Å². The summed E-state index contributed by atoms with van der Waals surface area (Å²) in [6, 6.07) is 20.4. The number of esters is 1. The van der Waals surface area contributed by atoms with Gasteiger partial charge in [-0.05, 0) is 36.4 Å².